The van der Waals surface area contributed by atoms with Gasteiger partial charge in [-0.05, 0) is 49.2 Å². The van der Waals surface area contributed by atoms with Crippen molar-refractivity contribution in [1.82, 2.24) is 0 Å². The van der Waals surface area contributed by atoms with Crippen LogP contribution in [0.4, 0.5) is 0 Å². The molecule has 138 valence electrons. The lowest BCUT2D eigenvalue weighted by Gasteiger charge is -2.23. The zero-order chi connectivity index (χ0) is 18.7. The Bertz CT molecular complexity index is 779. The fraction of sp³-hybridized carbons (Fsp3) is 0.333. The predicted molar refractivity (Wildman–Crippen MR) is 99.4 cm³/mol. The molecular weight excluding hydrogens is 332 g/mol. The number of methoxy groups -OCH3 is 1. The van der Waals surface area contributed by atoms with Gasteiger partial charge in [0.1, 0.15) is 5.75 Å². The van der Waals surface area contributed by atoms with Crippen LogP contribution in [0.5, 0.6) is 17.2 Å². The number of benzene rings is 2. The number of hydrogen-bond donors (Lipinski definition) is 2. The normalized spacial score (nSPS) is 20.3. The highest BCUT2D eigenvalue weighted by atomic mass is 16.7. The second-order valence-corrected chi connectivity index (χ2v) is 6.77. The summed E-state index contributed by atoms with van der Waals surface area (Å²) in [5.41, 5.74) is 1.93. The fourth-order valence-corrected chi connectivity index (χ4v) is 3.04. The molecule has 1 fully saturated rings. The maximum Gasteiger partial charge on any atom is 0.163 e. The molecule has 5 nitrogen and oxygen atoms in total. The topological polar surface area (TPSA) is 68.2 Å². The van der Waals surface area contributed by atoms with E-state index in [0.717, 1.165) is 11.1 Å². The highest BCUT2D eigenvalue weighted by Crippen LogP contribution is 2.37. The van der Waals surface area contributed by atoms with E-state index in [1.54, 1.807) is 18.2 Å². The van der Waals surface area contributed by atoms with Gasteiger partial charge in [-0.2, -0.15) is 0 Å². The zero-order valence-electron chi connectivity index (χ0n) is 15.2. The number of phenolic OH excluding ortho intramolecular Hbond substituents is 2. The summed E-state index contributed by atoms with van der Waals surface area (Å²) < 4.78 is 17.0. The van der Waals surface area contributed by atoms with E-state index in [-0.39, 0.29) is 23.5 Å². The first kappa shape index (κ1) is 18.3. The Labute approximate surface area is 153 Å². The molecule has 0 aliphatic carbocycles. The summed E-state index contributed by atoms with van der Waals surface area (Å²) in [7, 11) is 1.53. The highest BCUT2D eigenvalue weighted by molar-refractivity contribution is 5.53. The molecule has 1 aliphatic heterocycles. The van der Waals surface area contributed by atoms with Crippen molar-refractivity contribution in [2.24, 2.45) is 0 Å². The molecule has 0 amide bonds. The standard InChI is InChI=1S/C21H24O5/c1-21(2)25-13-20(26-21)17(10-6-14-4-8-16(22)9-5-14)15-7-11-18(23)19(12-15)24-3/h4-12,17,20,22-23H,13H2,1-3H3/b10-6+/t17-,20+/m1/s1. The predicted octanol–water partition coefficient (Wildman–Crippen LogP) is 4.05. The van der Waals surface area contributed by atoms with Gasteiger partial charge < -0.3 is 24.4 Å². The smallest absolute Gasteiger partial charge is 0.163 e. The molecule has 2 atom stereocenters. The van der Waals surface area contributed by atoms with E-state index in [0.29, 0.717) is 12.4 Å². The monoisotopic (exact) mass is 356 g/mol. The van der Waals surface area contributed by atoms with Gasteiger partial charge in [-0.15, -0.1) is 0 Å². The van der Waals surface area contributed by atoms with Crippen molar-refractivity contribution in [3.05, 3.63) is 59.7 Å². The van der Waals surface area contributed by atoms with Gasteiger partial charge in [0.2, 0.25) is 0 Å². The summed E-state index contributed by atoms with van der Waals surface area (Å²) in [5, 5.41) is 19.3. The second kappa shape index (κ2) is 7.40. The Balaban J connectivity index is 1.92. The van der Waals surface area contributed by atoms with Gasteiger partial charge in [0.25, 0.3) is 0 Å². The van der Waals surface area contributed by atoms with Crippen molar-refractivity contribution in [2.45, 2.75) is 31.7 Å². The molecule has 0 radical (unpaired) electrons. The second-order valence-electron chi connectivity index (χ2n) is 6.77. The van der Waals surface area contributed by atoms with Crippen molar-refractivity contribution < 1.29 is 24.4 Å². The third-order valence-electron chi connectivity index (χ3n) is 4.41. The lowest BCUT2D eigenvalue weighted by molar-refractivity contribution is -0.139. The van der Waals surface area contributed by atoms with Gasteiger partial charge in [0.15, 0.2) is 17.3 Å². The Hall–Kier alpha value is -2.50. The molecule has 0 saturated carbocycles. The lowest BCUT2D eigenvalue weighted by atomic mass is 9.92. The minimum absolute atomic E-state index is 0.0833. The van der Waals surface area contributed by atoms with E-state index < -0.39 is 5.79 Å². The largest absolute Gasteiger partial charge is 0.508 e. The fourth-order valence-electron chi connectivity index (χ4n) is 3.04. The van der Waals surface area contributed by atoms with E-state index in [4.69, 9.17) is 14.2 Å². The van der Waals surface area contributed by atoms with Gasteiger partial charge in [-0.1, -0.05) is 30.4 Å². The summed E-state index contributed by atoms with van der Waals surface area (Å²) in [4.78, 5) is 0. The van der Waals surface area contributed by atoms with Gasteiger partial charge in [-0.25, -0.2) is 0 Å². The Morgan fingerprint density at radius 1 is 1.15 bits per heavy atom. The minimum Gasteiger partial charge on any atom is -0.508 e. The van der Waals surface area contributed by atoms with Crippen LogP contribution in [0.1, 0.15) is 30.9 Å². The molecule has 3 rings (SSSR count). The Kier molecular flexibility index (Phi) is 5.20. The summed E-state index contributed by atoms with van der Waals surface area (Å²) in [6.07, 6.45) is 3.87. The first-order chi connectivity index (χ1) is 12.4. The van der Waals surface area contributed by atoms with Crippen LogP contribution in [-0.2, 0) is 9.47 Å². The number of ether oxygens (including phenoxy) is 3. The number of phenols is 2. The number of hydrogen-bond acceptors (Lipinski definition) is 5. The molecule has 2 N–H and O–H groups in total. The van der Waals surface area contributed by atoms with Crippen LogP contribution in [0.15, 0.2) is 48.5 Å². The Morgan fingerprint density at radius 3 is 2.50 bits per heavy atom. The molecular formula is C21H24O5. The first-order valence-corrected chi connectivity index (χ1v) is 8.54. The van der Waals surface area contributed by atoms with E-state index in [2.05, 4.69) is 0 Å². The highest BCUT2D eigenvalue weighted by Gasteiger charge is 2.37. The molecule has 0 unspecified atom stereocenters. The maximum absolute atomic E-state index is 9.88. The van der Waals surface area contributed by atoms with Gasteiger partial charge >= 0.3 is 0 Å². The molecule has 0 bridgehead atoms. The van der Waals surface area contributed by atoms with Gasteiger partial charge in [0, 0.05) is 5.92 Å². The quantitative estimate of drug-likeness (QED) is 0.846. The molecule has 5 heteroatoms. The van der Waals surface area contributed by atoms with Crippen molar-refractivity contribution in [2.75, 3.05) is 13.7 Å². The molecule has 26 heavy (non-hydrogen) atoms. The van der Waals surface area contributed by atoms with E-state index in [1.807, 2.05) is 50.3 Å². The average Bonchev–Trinajstić information content (AvgIpc) is 2.97. The molecule has 2 aromatic carbocycles. The lowest BCUT2D eigenvalue weighted by Crippen LogP contribution is -2.24. The minimum atomic E-state index is -0.629. The van der Waals surface area contributed by atoms with Crippen LogP contribution in [0, 0.1) is 0 Å². The summed E-state index contributed by atoms with van der Waals surface area (Å²) in [6.45, 7) is 4.26. The molecule has 0 spiro atoms. The summed E-state index contributed by atoms with van der Waals surface area (Å²) >= 11 is 0. The van der Waals surface area contributed by atoms with Crippen LogP contribution in [0.25, 0.3) is 6.08 Å². The summed E-state index contributed by atoms with van der Waals surface area (Å²) in [6, 6.07) is 12.3. The van der Waals surface area contributed by atoms with E-state index >= 15 is 0 Å². The van der Waals surface area contributed by atoms with Crippen LogP contribution in [0.2, 0.25) is 0 Å². The van der Waals surface area contributed by atoms with E-state index in [1.165, 1.54) is 7.11 Å². The van der Waals surface area contributed by atoms with Crippen LogP contribution in [-0.4, -0.2) is 35.8 Å². The summed E-state index contributed by atoms with van der Waals surface area (Å²) in [5.74, 6) is 0.0394. The van der Waals surface area contributed by atoms with Crippen LogP contribution < -0.4 is 4.74 Å². The molecule has 1 aliphatic rings. The molecule has 1 saturated heterocycles. The molecule has 0 aromatic heterocycles. The third kappa shape index (κ3) is 4.18. The van der Waals surface area contributed by atoms with Crippen molar-refractivity contribution in [3.8, 4) is 17.2 Å². The zero-order valence-corrected chi connectivity index (χ0v) is 15.2. The first-order valence-electron chi connectivity index (χ1n) is 8.54. The Morgan fingerprint density at radius 2 is 1.88 bits per heavy atom. The maximum atomic E-state index is 9.88. The van der Waals surface area contributed by atoms with E-state index in [9.17, 15) is 10.2 Å². The van der Waals surface area contributed by atoms with Crippen molar-refractivity contribution >= 4 is 6.08 Å². The third-order valence-corrected chi connectivity index (χ3v) is 4.41. The van der Waals surface area contributed by atoms with Crippen molar-refractivity contribution in [1.29, 1.82) is 0 Å². The van der Waals surface area contributed by atoms with Crippen LogP contribution >= 0.6 is 0 Å². The average molecular weight is 356 g/mol. The van der Waals surface area contributed by atoms with Gasteiger partial charge in [0.05, 0.1) is 19.8 Å². The van der Waals surface area contributed by atoms with Crippen LogP contribution in [0.3, 0.4) is 0 Å². The number of aromatic hydroxyl groups is 2. The molecule has 2 aromatic rings. The van der Waals surface area contributed by atoms with Crippen molar-refractivity contribution in [3.63, 3.8) is 0 Å². The SMILES string of the molecule is COc1cc([C@@H](/C=C/c2ccc(O)cc2)[C@@H]2COC(C)(C)O2)ccc1O. The molecule has 1 heterocycles. The number of rotatable bonds is 5. The van der Waals surface area contributed by atoms with Gasteiger partial charge in [-0.3, -0.25) is 0 Å².